The van der Waals surface area contributed by atoms with E-state index < -0.39 is 0 Å². The van der Waals surface area contributed by atoms with Crippen molar-refractivity contribution < 1.29 is 9.53 Å². The Hall–Kier alpha value is -1.86. The fourth-order valence-electron chi connectivity index (χ4n) is 6.30. The molecule has 1 aromatic rings. The Kier molecular flexibility index (Phi) is 4.05. The highest BCUT2D eigenvalue weighted by Gasteiger charge is 2.62. The molecular weight excluding hydrogens is 336 g/mol. The number of carbonyl (C=O) groups is 1. The summed E-state index contributed by atoms with van der Waals surface area (Å²) < 4.78 is 6.31. The van der Waals surface area contributed by atoms with Gasteiger partial charge in [-0.2, -0.15) is 0 Å². The van der Waals surface area contributed by atoms with Crippen LogP contribution in [0, 0.1) is 18.4 Å². The summed E-state index contributed by atoms with van der Waals surface area (Å²) in [4.78, 5) is 16.6. The Morgan fingerprint density at radius 1 is 1.33 bits per heavy atom. The maximum atomic E-state index is 12.9. The van der Waals surface area contributed by atoms with Gasteiger partial charge in [0, 0.05) is 17.9 Å². The van der Waals surface area contributed by atoms with Crippen LogP contribution in [-0.2, 0) is 16.6 Å². The molecule has 4 aliphatic rings. The van der Waals surface area contributed by atoms with Crippen LogP contribution in [0.3, 0.4) is 0 Å². The van der Waals surface area contributed by atoms with Gasteiger partial charge in [-0.25, -0.2) is 4.85 Å². The van der Waals surface area contributed by atoms with E-state index in [1.165, 1.54) is 30.4 Å². The molecule has 1 N–H and O–H groups in total. The molecule has 0 radical (unpaired) electrons. The van der Waals surface area contributed by atoms with E-state index in [4.69, 9.17) is 11.3 Å². The number of Topliss-reactive ketones (excluding diaryl/α,β-unsaturated/α-hetero) is 1. The molecule has 4 nitrogen and oxygen atoms in total. The lowest BCUT2D eigenvalue weighted by molar-refractivity contribution is -0.134. The van der Waals surface area contributed by atoms with Crippen LogP contribution in [0.1, 0.15) is 63.0 Å². The number of nitrogens with one attached hydrogen (secondary N) is 1. The summed E-state index contributed by atoms with van der Waals surface area (Å²) >= 11 is 0. The number of nitrogens with zero attached hydrogens (tertiary/aromatic N) is 1. The van der Waals surface area contributed by atoms with Crippen molar-refractivity contribution in [2.75, 3.05) is 6.54 Å². The summed E-state index contributed by atoms with van der Waals surface area (Å²) in [5.41, 5.74) is 2.85. The fourth-order valence-corrected chi connectivity index (χ4v) is 6.30. The summed E-state index contributed by atoms with van der Waals surface area (Å²) in [7, 11) is 0. The van der Waals surface area contributed by atoms with Crippen LogP contribution in [0.4, 0.5) is 5.69 Å². The van der Waals surface area contributed by atoms with Crippen molar-refractivity contribution in [3.8, 4) is 5.75 Å². The van der Waals surface area contributed by atoms with E-state index in [0.717, 1.165) is 43.9 Å². The monoisotopic (exact) mass is 364 g/mol. The first-order valence-corrected chi connectivity index (χ1v) is 10.7. The number of hydrogen-bond acceptors (Lipinski definition) is 3. The molecule has 1 aromatic carbocycles. The summed E-state index contributed by atoms with van der Waals surface area (Å²) in [5, 5.41) is 3.91. The molecule has 0 amide bonds. The zero-order chi connectivity index (χ0) is 18.6. The average Bonchev–Trinajstić information content (AvgIpc) is 2.98. The Morgan fingerprint density at radius 2 is 2.19 bits per heavy atom. The summed E-state index contributed by atoms with van der Waals surface area (Å²) in [5.74, 6) is 2.21. The van der Waals surface area contributed by atoms with Crippen LogP contribution in [0.2, 0.25) is 0 Å². The topological polar surface area (TPSA) is 42.7 Å². The SMILES string of the molecule is [C-]#[N+]c1ccc2c3c1O[C@H]1C(=O)CC[C@@H]([C@H](NCC4CCC4)C2)[C@@]31CCC. The Bertz CT molecular complexity index is 822. The molecule has 0 unspecified atom stereocenters. The zero-order valence-corrected chi connectivity index (χ0v) is 16.1. The van der Waals surface area contributed by atoms with E-state index in [-0.39, 0.29) is 17.3 Å². The van der Waals surface area contributed by atoms with Gasteiger partial charge < -0.3 is 10.1 Å². The number of ketones is 1. The van der Waals surface area contributed by atoms with Gasteiger partial charge >= 0.3 is 0 Å². The largest absolute Gasteiger partial charge is 0.492 e. The molecule has 1 heterocycles. The van der Waals surface area contributed by atoms with E-state index >= 15 is 0 Å². The molecule has 2 fully saturated rings. The van der Waals surface area contributed by atoms with Crippen molar-refractivity contribution in [1.29, 1.82) is 0 Å². The van der Waals surface area contributed by atoms with Crippen LogP contribution in [0.25, 0.3) is 4.85 Å². The van der Waals surface area contributed by atoms with Crippen LogP contribution in [0.15, 0.2) is 12.1 Å². The molecule has 0 saturated heterocycles. The predicted octanol–water partition coefficient (Wildman–Crippen LogP) is 4.33. The first-order chi connectivity index (χ1) is 13.2. The van der Waals surface area contributed by atoms with Crippen molar-refractivity contribution in [1.82, 2.24) is 5.32 Å². The molecule has 27 heavy (non-hydrogen) atoms. The molecule has 0 spiro atoms. The lowest BCUT2D eigenvalue weighted by Crippen LogP contribution is -2.61. The van der Waals surface area contributed by atoms with Gasteiger partial charge in [0.15, 0.2) is 11.9 Å². The minimum Gasteiger partial charge on any atom is -0.492 e. The summed E-state index contributed by atoms with van der Waals surface area (Å²) in [6.07, 6.45) is 8.23. The third-order valence-corrected chi connectivity index (χ3v) is 7.65. The average molecular weight is 364 g/mol. The molecular formula is C23H28N2O2. The third kappa shape index (κ3) is 2.34. The quantitative estimate of drug-likeness (QED) is 0.791. The molecule has 0 bridgehead atoms. The highest BCUT2D eigenvalue weighted by atomic mass is 16.5. The molecule has 0 aromatic heterocycles. The zero-order valence-electron chi connectivity index (χ0n) is 16.1. The minimum absolute atomic E-state index is 0.231. The number of hydrogen-bond donors (Lipinski definition) is 1. The van der Waals surface area contributed by atoms with Gasteiger partial charge in [0.2, 0.25) is 5.69 Å². The van der Waals surface area contributed by atoms with Crippen molar-refractivity contribution >= 4 is 11.5 Å². The normalized spacial score (nSPS) is 33.8. The predicted molar refractivity (Wildman–Crippen MR) is 104 cm³/mol. The standard InChI is InChI=1S/C23H28N2O2/c1-3-11-23-16-8-10-19(26)22(23)27-21-17(24-2)9-7-15(20(21)23)12-18(16)25-13-14-5-4-6-14/h7,9,14,16,18,22,25H,3-6,8,10-13H2,1H3/t16-,18+,22-,23-/m0/s1. The van der Waals surface area contributed by atoms with Gasteiger partial charge in [-0.1, -0.05) is 31.9 Å². The lowest BCUT2D eigenvalue weighted by Gasteiger charge is -2.51. The van der Waals surface area contributed by atoms with Crippen LogP contribution < -0.4 is 10.1 Å². The molecule has 4 heteroatoms. The van der Waals surface area contributed by atoms with Crippen LogP contribution in [0.5, 0.6) is 5.75 Å². The number of carbonyl (C=O) groups excluding carboxylic acids is 1. The maximum Gasteiger partial charge on any atom is 0.228 e. The van der Waals surface area contributed by atoms with Crippen LogP contribution >= 0.6 is 0 Å². The van der Waals surface area contributed by atoms with Gasteiger partial charge in [-0.15, -0.1) is 0 Å². The van der Waals surface area contributed by atoms with E-state index in [9.17, 15) is 4.79 Å². The molecule has 4 atom stereocenters. The van der Waals surface area contributed by atoms with E-state index in [1.807, 2.05) is 6.07 Å². The second-order valence-electron chi connectivity index (χ2n) is 8.98. The fraction of sp³-hybridized carbons (Fsp3) is 0.652. The Balaban J connectivity index is 1.61. The van der Waals surface area contributed by atoms with Gasteiger partial charge in [0.25, 0.3) is 0 Å². The minimum atomic E-state index is -0.388. The first-order valence-electron chi connectivity index (χ1n) is 10.7. The van der Waals surface area contributed by atoms with Crippen molar-refractivity contribution in [2.45, 2.75) is 75.9 Å². The van der Waals surface area contributed by atoms with Gasteiger partial charge in [0.1, 0.15) is 5.75 Å². The summed E-state index contributed by atoms with van der Waals surface area (Å²) in [6.45, 7) is 10.9. The molecule has 5 rings (SSSR count). The number of rotatable bonds is 5. The van der Waals surface area contributed by atoms with Crippen molar-refractivity contribution in [3.05, 3.63) is 34.7 Å². The van der Waals surface area contributed by atoms with Gasteiger partial charge in [-0.05, 0) is 61.6 Å². The Labute approximate surface area is 161 Å². The summed E-state index contributed by atoms with van der Waals surface area (Å²) in [6, 6.07) is 4.43. The second-order valence-corrected chi connectivity index (χ2v) is 8.98. The molecule has 3 aliphatic carbocycles. The van der Waals surface area contributed by atoms with E-state index in [0.29, 0.717) is 24.1 Å². The van der Waals surface area contributed by atoms with E-state index in [2.05, 4.69) is 23.2 Å². The Morgan fingerprint density at radius 3 is 2.89 bits per heavy atom. The first kappa shape index (κ1) is 17.3. The maximum absolute atomic E-state index is 12.9. The second kappa shape index (κ2) is 6.34. The third-order valence-electron chi connectivity index (χ3n) is 7.65. The smallest absolute Gasteiger partial charge is 0.228 e. The van der Waals surface area contributed by atoms with Crippen molar-refractivity contribution in [2.24, 2.45) is 11.8 Å². The highest BCUT2D eigenvalue weighted by molar-refractivity contribution is 5.89. The molecule has 2 saturated carbocycles. The molecule has 142 valence electrons. The molecule has 1 aliphatic heterocycles. The number of benzene rings is 1. The highest BCUT2D eigenvalue weighted by Crippen LogP contribution is 2.61. The van der Waals surface area contributed by atoms with Crippen molar-refractivity contribution in [3.63, 3.8) is 0 Å². The lowest BCUT2D eigenvalue weighted by atomic mass is 9.53. The van der Waals surface area contributed by atoms with Gasteiger partial charge in [-0.3, -0.25) is 4.79 Å². The van der Waals surface area contributed by atoms with E-state index in [1.54, 1.807) is 0 Å². The number of ether oxygens (including phenoxy) is 1. The van der Waals surface area contributed by atoms with Crippen LogP contribution in [-0.4, -0.2) is 24.5 Å². The van der Waals surface area contributed by atoms with Gasteiger partial charge in [0.05, 0.1) is 6.57 Å².